The molecule has 0 fully saturated rings. The Morgan fingerprint density at radius 2 is 1.88 bits per heavy atom. The van der Waals surface area contributed by atoms with Gasteiger partial charge in [-0.2, -0.15) is 0 Å². The zero-order valence-corrected chi connectivity index (χ0v) is 9.64. The maximum atomic E-state index is 11.6. The van der Waals surface area contributed by atoms with Gasteiger partial charge in [0.1, 0.15) is 5.78 Å². The van der Waals surface area contributed by atoms with E-state index in [-0.39, 0.29) is 18.1 Å². The Kier molecular flexibility index (Phi) is 4.64. The van der Waals surface area contributed by atoms with Gasteiger partial charge in [-0.15, -0.1) is 0 Å². The van der Waals surface area contributed by atoms with Crippen molar-refractivity contribution in [3.63, 3.8) is 0 Å². The third-order valence-electron chi connectivity index (χ3n) is 2.29. The predicted octanol–water partition coefficient (Wildman–Crippen LogP) is 1.41. The number of hydrogen-bond acceptors (Lipinski definition) is 3. The van der Waals surface area contributed by atoms with Crippen molar-refractivity contribution >= 4 is 11.7 Å². The Bertz CT molecular complexity index is 363. The lowest BCUT2D eigenvalue weighted by molar-refractivity contribution is -0.132. The number of hydrogen-bond donors (Lipinski definition) is 0. The molecule has 0 N–H and O–H groups in total. The summed E-state index contributed by atoms with van der Waals surface area (Å²) in [5, 5.41) is 0. The number of carbonyl (C=O) groups is 2. The maximum absolute atomic E-state index is 11.6. The van der Waals surface area contributed by atoms with Gasteiger partial charge in [0, 0.05) is 38.8 Å². The first-order valence-corrected chi connectivity index (χ1v) is 5.22. The van der Waals surface area contributed by atoms with Crippen LogP contribution in [-0.2, 0) is 16.1 Å². The number of ketones is 1. The molecule has 1 aromatic heterocycles. The molecule has 0 radical (unpaired) electrons. The molecule has 16 heavy (non-hydrogen) atoms. The minimum atomic E-state index is -0.00740. The maximum Gasteiger partial charge on any atom is 0.223 e. The van der Waals surface area contributed by atoms with E-state index < -0.39 is 0 Å². The fourth-order valence-electron chi connectivity index (χ4n) is 1.32. The zero-order valence-electron chi connectivity index (χ0n) is 9.64. The Hall–Kier alpha value is -1.71. The summed E-state index contributed by atoms with van der Waals surface area (Å²) in [6.45, 7) is 2.05. The molecule has 0 aliphatic rings. The van der Waals surface area contributed by atoms with Crippen LogP contribution in [0.1, 0.15) is 25.3 Å². The van der Waals surface area contributed by atoms with Crippen LogP contribution in [0.4, 0.5) is 0 Å². The van der Waals surface area contributed by atoms with Gasteiger partial charge in [0.25, 0.3) is 0 Å². The topological polar surface area (TPSA) is 50.3 Å². The Labute approximate surface area is 95.3 Å². The first-order chi connectivity index (χ1) is 7.59. The van der Waals surface area contributed by atoms with E-state index in [2.05, 4.69) is 4.98 Å². The third-order valence-corrected chi connectivity index (χ3v) is 2.29. The number of aromatic nitrogens is 1. The van der Waals surface area contributed by atoms with Crippen LogP contribution in [0.3, 0.4) is 0 Å². The number of pyridine rings is 1. The quantitative estimate of drug-likeness (QED) is 0.753. The number of rotatable bonds is 5. The summed E-state index contributed by atoms with van der Waals surface area (Å²) in [5.41, 5.74) is 1.04. The molecule has 0 spiro atoms. The van der Waals surface area contributed by atoms with Crippen molar-refractivity contribution in [3.05, 3.63) is 30.1 Å². The third kappa shape index (κ3) is 4.21. The first-order valence-electron chi connectivity index (χ1n) is 5.22. The lowest BCUT2D eigenvalue weighted by Gasteiger charge is -2.16. The van der Waals surface area contributed by atoms with E-state index in [9.17, 15) is 9.59 Å². The standard InChI is InChI=1S/C12H16N2O2/c1-10(15)3-4-12(16)14(2)9-11-5-7-13-8-6-11/h5-8H,3-4,9H2,1-2H3. The largest absolute Gasteiger partial charge is 0.341 e. The molecule has 4 heteroatoms. The minimum Gasteiger partial charge on any atom is -0.341 e. The fraction of sp³-hybridized carbons (Fsp3) is 0.417. The molecule has 0 saturated heterocycles. The van der Waals surface area contributed by atoms with E-state index >= 15 is 0 Å². The number of carbonyl (C=O) groups excluding carboxylic acids is 2. The van der Waals surface area contributed by atoms with Crippen molar-refractivity contribution in [2.75, 3.05) is 7.05 Å². The first kappa shape index (κ1) is 12.4. The van der Waals surface area contributed by atoms with Gasteiger partial charge in [0.2, 0.25) is 5.91 Å². The normalized spacial score (nSPS) is 9.88. The molecule has 1 amide bonds. The predicted molar refractivity (Wildman–Crippen MR) is 60.6 cm³/mol. The molecule has 0 aliphatic heterocycles. The fourth-order valence-corrected chi connectivity index (χ4v) is 1.32. The highest BCUT2D eigenvalue weighted by atomic mass is 16.2. The lowest BCUT2D eigenvalue weighted by atomic mass is 10.2. The summed E-state index contributed by atoms with van der Waals surface area (Å²) in [5.74, 6) is 0.0395. The highest BCUT2D eigenvalue weighted by molar-refractivity contribution is 5.83. The van der Waals surface area contributed by atoms with Crippen LogP contribution >= 0.6 is 0 Å². The summed E-state index contributed by atoms with van der Waals surface area (Å²) in [6.07, 6.45) is 4.00. The van der Waals surface area contributed by atoms with E-state index in [1.165, 1.54) is 6.92 Å². The number of Topliss-reactive ketones (excluding diaryl/α,β-unsaturated/α-hetero) is 1. The summed E-state index contributed by atoms with van der Waals surface area (Å²) in [4.78, 5) is 27.9. The van der Waals surface area contributed by atoms with Crippen molar-refractivity contribution in [1.82, 2.24) is 9.88 Å². The molecule has 0 aromatic carbocycles. The Morgan fingerprint density at radius 3 is 2.44 bits per heavy atom. The lowest BCUT2D eigenvalue weighted by Crippen LogP contribution is -2.26. The SMILES string of the molecule is CC(=O)CCC(=O)N(C)Cc1ccncc1. The van der Waals surface area contributed by atoms with Gasteiger partial charge in [-0.1, -0.05) is 0 Å². The van der Waals surface area contributed by atoms with Gasteiger partial charge < -0.3 is 9.69 Å². The second-order valence-corrected chi connectivity index (χ2v) is 3.81. The molecule has 1 rings (SSSR count). The van der Waals surface area contributed by atoms with Gasteiger partial charge >= 0.3 is 0 Å². The Balaban J connectivity index is 2.43. The van der Waals surface area contributed by atoms with Gasteiger partial charge in [0.15, 0.2) is 0 Å². The van der Waals surface area contributed by atoms with Crippen LogP contribution in [0.25, 0.3) is 0 Å². The Morgan fingerprint density at radius 1 is 1.25 bits per heavy atom. The van der Waals surface area contributed by atoms with E-state index in [4.69, 9.17) is 0 Å². The molecule has 1 heterocycles. The second kappa shape index (κ2) is 6.00. The van der Waals surface area contributed by atoms with Gasteiger partial charge in [-0.3, -0.25) is 9.78 Å². The summed E-state index contributed by atoms with van der Waals surface area (Å²) in [6, 6.07) is 3.74. The van der Waals surface area contributed by atoms with Crippen molar-refractivity contribution in [2.24, 2.45) is 0 Å². The van der Waals surface area contributed by atoms with E-state index in [1.807, 2.05) is 12.1 Å². The van der Waals surface area contributed by atoms with Crippen LogP contribution < -0.4 is 0 Å². The van der Waals surface area contributed by atoms with E-state index in [0.29, 0.717) is 13.0 Å². The highest BCUT2D eigenvalue weighted by Crippen LogP contribution is 2.04. The summed E-state index contributed by atoms with van der Waals surface area (Å²) < 4.78 is 0. The molecule has 1 aromatic rings. The van der Waals surface area contributed by atoms with E-state index in [0.717, 1.165) is 5.56 Å². The number of amides is 1. The van der Waals surface area contributed by atoms with E-state index in [1.54, 1.807) is 24.3 Å². The molecule has 0 bridgehead atoms. The number of nitrogens with zero attached hydrogens (tertiary/aromatic N) is 2. The van der Waals surface area contributed by atoms with Crippen LogP contribution in [0, 0.1) is 0 Å². The average Bonchev–Trinajstić information content (AvgIpc) is 2.27. The molecular formula is C12H16N2O2. The molecular weight excluding hydrogens is 204 g/mol. The summed E-state index contributed by atoms with van der Waals surface area (Å²) >= 11 is 0. The molecule has 0 saturated carbocycles. The van der Waals surface area contributed by atoms with Crippen LogP contribution in [0.5, 0.6) is 0 Å². The van der Waals surface area contributed by atoms with Crippen LogP contribution in [0.15, 0.2) is 24.5 Å². The van der Waals surface area contributed by atoms with Gasteiger partial charge in [-0.25, -0.2) is 0 Å². The van der Waals surface area contributed by atoms with Crippen molar-refractivity contribution < 1.29 is 9.59 Å². The van der Waals surface area contributed by atoms with Crippen molar-refractivity contribution in [2.45, 2.75) is 26.3 Å². The monoisotopic (exact) mass is 220 g/mol. The average molecular weight is 220 g/mol. The molecule has 0 unspecified atom stereocenters. The molecule has 4 nitrogen and oxygen atoms in total. The minimum absolute atomic E-state index is 0.00740. The van der Waals surface area contributed by atoms with Crippen LogP contribution in [0.2, 0.25) is 0 Å². The second-order valence-electron chi connectivity index (χ2n) is 3.81. The van der Waals surface area contributed by atoms with Crippen molar-refractivity contribution in [3.8, 4) is 0 Å². The van der Waals surface area contributed by atoms with Gasteiger partial charge in [0.05, 0.1) is 0 Å². The molecule has 0 atom stereocenters. The van der Waals surface area contributed by atoms with Crippen LogP contribution in [-0.4, -0.2) is 28.6 Å². The summed E-state index contributed by atoms with van der Waals surface area (Å²) in [7, 11) is 1.74. The molecule has 0 aliphatic carbocycles. The smallest absolute Gasteiger partial charge is 0.223 e. The van der Waals surface area contributed by atoms with Gasteiger partial charge in [-0.05, 0) is 24.6 Å². The highest BCUT2D eigenvalue weighted by Gasteiger charge is 2.09. The molecule has 86 valence electrons. The van der Waals surface area contributed by atoms with Crippen molar-refractivity contribution in [1.29, 1.82) is 0 Å². The zero-order chi connectivity index (χ0) is 12.0.